The minimum atomic E-state index is -0.365. The largest absolute Gasteiger partial charge is 0.497 e. The van der Waals surface area contributed by atoms with Crippen molar-refractivity contribution < 1.29 is 23.8 Å². The second-order valence-electron chi connectivity index (χ2n) is 7.10. The van der Waals surface area contributed by atoms with Gasteiger partial charge in [-0.05, 0) is 73.9 Å². The molecule has 8 nitrogen and oxygen atoms in total. The molecule has 0 aromatic heterocycles. The van der Waals surface area contributed by atoms with Gasteiger partial charge in [0.2, 0.25) is 0 Å². The number of rotatable bonds is 9. The molecule has 8 heteroatoms. The molecule has 0 atom stereocenters. The molecule has 2 amide bonds. The van der Waals surface area contributed by atoms with Crippen LogP contribution in [-0.4, -0.2) is 55.8 Å². The summed E-state index contributed by atoms with van der Waals surface area (Å²) in [6, 6.07) is 14.2. The third kappa shape index (κ3) is 6.74. The van der Waals surface area contributed by atoms with Gasteiger partial charge in [-0.15, -0.1) is 0 Å². The van der Waals surface area contributed by atoms with Gasteiger partial charge in [-0.2, -0.15) is 5.10 Å². The van der Waals surface area contributed by atoms with E-state index >= 15 is 0 Å². The maximum atomic E-state index is 12.0. The SMILES string of the molecule is COc1ccc(OCC(=O)N/N=C(\C)c2ccc(OCC(=O)N3CCCC3)cc2)cc1. The maximum Gasteiger partial charge on any atom is 0.277 e. The fourth-order valence-corrected chi connectivity index (χ4v) is 3.06. The summed E-state index contributed by atoms with van der Waals surface area (Å²) in [7, 11) is 1.58. The Hall–Kier alpha value is -3.55. The molecule has 1 saturated heterocycles. The predicted octanol–water partition coefficient (Wildman–Crippen LogP) is 2.62. The summed E-state index contributed by atoms with van der Waals surface area (Å²) in [5, 5.41) is 4.11. The van der Waals surface area contributed by atoms with Crippen LogP contribution in [-0.2, 0) is 9.59 Å². The summed E-state index contributed by atoms with van der Waals surface area (Å²) in [5.41, 5.74) is 3.94. The van der Waals surface area contributed by atoms with Crippen LogP contribution in [0.15, 0.2) is 53.6 Å². The van der Waals surface area contributed by atoms with Gasteiger partial charge >= 0.3 is 0 Å². The summed E-state index contributed by atoms with van der Waals surface area (Å²) >= 11 is 0. The second-order valence-corrected chi connectivity index (χ2v) is 7.10. The van der Waals surface area contributed by atoms with Crippen molar-refractivity contribution in [2.45, 2.75) is 19.8 Å². The average Bonchev–Trinajstić information content (AvgIpc) is 3.35. The Kier molecular flexibility index (Phi) is 7.86. The number of nitrogens with one attached hydrogen (secondary N) is 1. The lowest BCUT2D eigenvalue weighted by Crippen LogP contribution is -2.32. The zero-order valence-corrected chi connectivity index (χ0v) is 17.8. The third-order valence-electron chi connectivity index (χ3n) is 4.87. The van der Waals surface area contributed by atoms with E-state index in [2.05, 4.69) is 10.5 Å². The predicted molar refractivity (Wildman–Crippen MR) is 117 cm³/mol. The van der Waals surface area contributed by atoms with Gasteiger partial charge in [0.15, 0.2) is 13.2 Å². The fourth-order valence-electron chi connectivity index (χ4n) is 3.06. The van der Waals surface area contributed by atoms with Gasteiger partial charge in [0.25, 0.3) is 11.8 Å². The summed E-state index contributed by atoms with van der Waals surface area (Å²) in [4.78, 5) is 25.8. The van der Waals surface area contributed by atoms with E-state index < -0.39 is 0 Å². The number of benzene rings is 2. The Morgan fingerprint density at radius 1 is 0.903 bits per heavy atom. The summed E-state index contributed by atoms with van der Waals surface area (Å²) in [5.74, 6) is 1.54. The minimum Gasteiger partial charge on any atom is -0.497 e. The molecule has 1 heterocycles. The highest BCUT2D eigenvalue weighted by molar-refractivity contribution is 5.99. The molecule has 2 aromatic rings. The smallest absolute Gasteiger partial charge is 0.277 e. The standard InChI is InChI=1S/C23H27N3O5/c1-17(24-25-22(27)15-30-21-11-9-19(29-2)10-12-21)18-5-7-20(8-6-18)31-16-23(28)26-13-3-4-14-26/h5-12H,3-4,13-16H2,1-2H3,(H,25,27)/b24-17+. The normalized spacial score (nSPS) is 13.6. The number of carbonyl (C=O) groups is 2. The van der Waals surface area contributed by atoms with Crippen molar-refractivity contribution in [2.24, 2.45) is 5.10 Å². The molecule has 31 heavy (non-hydrogen) atoms. The summed E-state index contributed by atoms with van der Waals surface area (Å²) in [6.45, 7) is 3.30. The average molecular weight is 425 g/mol. The number of hydrogen-bond donors (Lipinski definition) is 1. The Bertz CT molecular complexity index is 904. The van der Waals surface area contributed by atoms with Crippen LogP contribution in [0.2, 0.25) is 0 Å². The fraction of sp³-hybridized carbons (Fsp3) is 0.348. The lowest BCUT2D eigenvalue weighted by atomic mass is 10.1. The van der Waals surface area contributed by atoms with Crippen molar-refractivity contribution in [1.82, 2.24) is 10.3 Å². The Balaban J connectivity index is 1.43. The first-order valence-corrected chi connectivity index (χ1v) is 10.2. The molecular formula is C23H27N3O5. The molecule has 1 aliphatic heterocycles. The quantitative estimate of drug-likeness (QED) is 0.493. The summed E-state index contributed by atoms with van der Waals surface area (Å²) < 4.78 is 16.1. The van der Waals surface area contributed by atoms with E-state index in [0.29, 0.717) is 23.0 Å². The number of carbonyl (C=O) groups excluding carboxylic acids is 2. The van der Waals surface area contributed by atoms with Gasteiger partial charge in [0, 0.05) is 13.1 Å². The Morgan fingerprint density at radius 3 is 2.06 bits per heavy atom. The molecule has 1 aliphatic rings. The monoisotopic (exact) mass is 425 g/mol. The zero-order chi connectivity index (χ0) is 22.1. The summed E-state index contributed by atoms with van der Waals surface area (Å²) in [6.07, 6.45) is 2.12. The molecule has 0 saturated carbocycles. The van der Waals surface area contributed by atoms with Crippen LogP contribution in [0.1, 0.15) is 25.3 Å². The van der Waals surface area contributed by atoms with Crippen molar-refractivity contribution in [3.8, 4) is 17.2 Å². The van der Waals surface area contributed by atoms with Crippen molar-refractivity contribution in [1.29, 1.82) is 0 Å². The van der Waals surface area contributed by atoms with Crippen LogP contribution in [0.3, 0.4) is 0 Å². The van der Waals surface area contributed by atoms with Gasteiger partial charge in [-0.3, -0.25) is 9.59 Å². The van der Waals surface area contributed by atoms with E-state index in [-0.39, 0.29) is 25.0 Å². The number of hydrogen-bond acceptors (Lipinski definition) is 6. The number of likely N-dealkylation sites (tertiary alicyclic amines) is 1. The molecule has 0 aliphatic carbocycles. The van der Waals surface area contributed by atoms with Crippen molar-refractivity contribution in [2.75, 3.05) is 33.4 Å². The van der Waals surface area contributed by atoms with E-state index in [1.807, 2.05) is 17.0 Å². The molecule has 3 rings (SSSR count). The van der Waals surface area contributed by atoms with Crippen molar-refractivity contribution >= 4 is 17.5 Å². The number of amides is 2. The number of ether oxygens (including phenoxy) is 3. The highest BCUT2D eigenvalue weighted by atomic mass is 16.5. The highest BCUT2D eigenvalue weighted by Gasteiger charge is 2.18. The molecule has 0 bridgehead atoms. The van der Waals surface area contributed by atoms with Gasteiger partial charge in [-0.1, -0.05) is 0 Å². The van der Waals surface area contributed by atoms with Crippen LogP contribution in [0.4, 0.5) is 0 Å². The van der Waals surface area contributed by atoms with E-state index in [9.17, 15) is 9.59 Å². The lowest BCUT2D eigenvalue weighted by Gasteiger charge is -2.15. The molecular weight excluding hydrogens is 398 g/mol. The molecule has 0 unspecified atom stereocenters. The van der Waals surface area contributed by atoms with Crippen molar-refractivity contribution in [3.63, 3.8) is 0 Å². The topological polar surface area (TPSA) is 89.5 Å². The van der Waals surface area contributed by atoms with Crippen LogP contribution in [0.25, 0.3) is 0 Å². The first kappa shape index (κ1) is 22.1. The number of nitrogens with zero attached hydrogens (tertiary/aromatic N) is 2. The first-order valence-electron chi connectivity index (χ1n) is 10.2. The third-order valence-corrected chi connectivity index (χ3v) is 4.87. The zero-order valence-electron chi connectivity index (χ0n) is 17.8. The molecule has 0 radical (unpaired) electrons. The van der Waals surface area contributed by atoms with E-state index in [0.717, 1.165) is 31.5 Å². The van der Waals surface area contributed by atoms with Crippen LogP contribution in [0.5, 0.6) is 17.2 Å². The highest BCUT2D eigenvalue weighted by Crippen LogP contribution is 2.17. The van der Waals surface area contributed by atoms with Gasteiger partial charge in [0.05, 0.1) is 12.8 Å². The van der Waals surface area contributed by atoms with Crippen LogP contribution >= 0.6 is 0 Å². The molecule has 2 aromatic carbocycles. The van der Waals surface area contributed by atoms with Crippen LogP contribution < -0.4 is 19.6 Å². The number of hydrazone groups is 1. The molecule has 1 fully saturated rings. The second kappa shape index (κ2) is 11.0. The Morgan fingerprint density at radius 2 is 1.45 bits per heavy atom. The van der Waals surface area contributed by atoms with E-state index in [4.69, 9.17) is 14.2 Å². The van der Waals surface area contributed by atoms with E-state index in [1.165, 1.54) is 0 Å². The van der Waals surface area contributed by atoms with E-state index in [1.54, 1.807) is 50.4 Å². The minimum absolute atomic E-state index is 0.0129. The van der Waals surface area contributed by atoms with Gasteiger partial charge < -0.3 is 19.1 Å². The first-order chi connectivity index (χ1) is 15.0. The van der Waals surface area contributed by atoms with Crippen LogP contribution in [0, 0.1) is 0 Å². The Labute approximate surface area is 181 Å². The molecule has 1 N–H and O–H groups in total. The van der Waals surface area contributed by atoms with Gasteiger partial charge in [-0.25, -0.2) is 5.43 Å². The maximum absolute atomic E-state index is 12.0. The molecule has 0 spiro atoms. The number of methoxy groups -OCH3 is 1. The molecule has 164 valence electrons. The van der Waals surface area contributed by atoms with Gasteiger partial charge in [0.1, 0.15) is 17.2 Å². The lowest BCUT2D eigenvalue weighted by molar-refractivity contribution is -0.132. The van der Waals surface area contributed by atoms with Crippen molar-refractivity contribution in [3.05, 3.63) is 54.1 Å².